The van der Waals surface area contributed by atoms with E-state index in [1.165, 1.54) is 11.3 Å². The molecule has 0 atom stereocenters. The Morgan fingerprint density at radius 3 is 2.68 bits per heavy atom. The number of anilines is 1. The van der Waals surface area contributed by atoms with Crippen LogP contribution in [0.3, 0.4) is 0 Å². The Hall–Kier alpha value is -1.81. The van der Waals surface area contributed by atoms with E-state index in [0.29, 0.717) is 23.7 Å². The molecule has 1 aromatic carbocycles. The van der Waals surface area contributed by atoms with Gasteiger partial charge in [-0.15, -0.1) is 11.3 Å². The van der Waals surface area contributed by atoms with Gasteiger partial charge in [0, 0.05) is 23.2 Å². The molecule has 0 saturated heterocycles. The van der Waals surface area contributed by atoms with Crippen molar-refractivity contribution in [3.8, 4) is 0 Å². The van der Waals surface area contributed by atoms with Crippen LogP contribution in [0.2, 0.25) is 0 Å². The molecule has 0 aliphatic carbocycles. The van der Waals surface area contributed by atoms with Gasteiger partial charge in [-0.2, -0.15) is 0 Å². The van der Waals surface area contributed by atoms with Crippen LogP contribution >= 0.6 is 11.3 Å². The minimum absolute atomic E-state index is 0.0100. The summed E-state index contributed by atoms with van der Waals surface area (Å²) in [4.78, 5) is 14.9. The van der Waals surface area contributed by atoms with E-state index >= 15 is 0 Å². The second-order valence-corrected chi connectivity index (χ2v) is 5.67. The van der Waals surface area contributed by atoms with Crippen LogP contribution in [0.4, 0.5) is 5.69 Å². The van der Waals surface area contributed by atoms with Gasteiger partial charge >= 0.3 is 0 Å². The molecule has 19 heavy (non-hydrogen) atoms. The monoisotopic (exact) mass is 274 g/mol. The number of fused-ring (bicyclic) bond motifs is 1. The summed E-state index contributed by atoms with van der Waals surface area (Å²) in [5.74, 6) is -0.0100. The SMILES string of the molecule is C=C(C)CN(CC)C(=O)c1sc2ccccc2c1N. The first-order chi connectivity index (χ1) is 9.04. The number of carbonyl (C=O) groups is 1. The normalized spacial score (nSPS) is 10.6. The number of nitrogens with zero attached hydrogens (tertiary/aromatic N) is 1. The van der Waals surface area contributed by atoms with Crippen LogP contribution in [0.25, 0.3) is 10.1 Å². The highest BCUT2D eigenvalue weighted by atomic mass is 32.1. The minimum Gasteiger partial charge on any atom is -0.397 e. The maximum atomic E-state index is 12.5. The molecule has 2 rings (SSSR count). The lowest BCUT2D eigenvalue weighted by Gasteiger charge is -2.20. The van der Waals surface area contributed by atoms with E-state index in [1.54, 1.807) is 4.90 Å². The predicted octanol–water partition coefficient (Wildman–Crippen LogP) is 3.52. The van der Waals surface area contributed by atoms with Crippen LogP contribution in [0.5, 0.6) is 0 Å². The maximum absolute atomic E-state index is 12.5. The fourth-order valence-electron chi connectivity index (χ4n) is 2.02. The average Bonchev–Trinajstić information content (AvgIpc) is 2.73. The summed E-state index contributed by atoms with van der Waals surface area (Å²) in [6, 6.07) is 7.83. The molecule has 1 heterocycles. The number of benzene rings is 1. The number of hydrogen-bond acceptors (Lipinski definition) is 3. The first-order valence-corrected chi connectivity index (χ1v) is 7.07. The van der Waals surface area contributed by atoms with Gasteiger partial charge in [0.1, 0.15) is 4.88 Å². The zero-order valence-electron chi connectivity index (χ0n) is 11.3. The fraction of sp³-hybridized carbons (Fsp3) is 0.267. The zero-order chi connectivity index (χ0) is 14.0. The highest BCUT2D eigenvalue weighted by Crippen LogP contribution is 2.34. The molecule has 0 fully saturated rings. The third kappa shape index (κ3) is 2.63. The van der Waals surface area contributed by atoms with Gasteiger partial charge in [-0.05, 0) is 19.9 Å². The van der Waals surface area contributed by atoms with E-state index in [9.17, 15) is 4.79 Å². The number of nitrogens with two attached hydrogens (primary N) is 1. The highest BCUT2D eigenvalue weighted by molar-refractivity contribution is 7.21. The average molecular weight is 274 g/mol. The van der Waals surface area contributed by atoms with Gasteiger partial charge in [-0.25, -0.2) is 0 Å². The van der Waals surface area contributed by atoms with Crippen molar-refractivity contribution in [3.63, 3.8) is 0 Å². The Bertz CT molecular complexity index is 630. The fourth-order valence-corrected chi connectivity index (χ4v) is 3.11. The number of likely N-dealkylation sites (N-methyl/N-ethyl adjacent to an activating group) is 1. The maximum Gasteiger partial charge on any atom is 0.266 e. The van der Waals surface area contributed by atoms with Crippen LogP contribution in [0, 0.1) is 0 Å². The number of hydrogen-bond donors (Lipinski definition) is 1. The van der Waals surface area contributed by atoms with Crippen LogP contribution in [-0.4, -0.2) is 23.9 Å². The quantitative estimate of drug-likeness (QED) is 0.867. The first kappa shape index (κ1) is 13.6. The van der Waals surface area contributed by atoms with Gasteiger partial charge in [-0.3, -0.25) is 4.79 Å². The summed E-state index contributed by atoms with van der Waals surface area (Å²) in [6.07, 6.45) is 0. The highest BCUT2D eigenvalue weighted by Gasteiger charge is 2.20. The summed E-state index contributed by atoms with van der Waals surface area (Å²) in [5, 5.41) is 0.960. The largest absolute Gasteiger partial charge is 0.397 e. The predicted molar refractivity (Wildman–Crippen MR) is 82.6 cm³/mol. The summed E-state index contributed by atoms with van der Waals surface area (Å²) >= 11 is 1.46. The van der Waals surface area contributed by atoms with Gasteiger partial charge in [0.25, 0.3) is 5.91 Å². The smallest absolute Gasteiger partial charge is 0.266 e. The van der Waals surface area contributed by atoms with E-state index in [-0.39, 0.29) is 5.91 Å². The molecule has 2 aromatic rings. The summed E-state index contributed by atoms with van der Waals surface area (Å²) < 4.78 is 1.05. The molecule has 4 heteroatoms. The molecule has 100 valence electrons. The summed E-state index contributed by atoms with van der Waals surface area (Å²) in [7, 11) is 0. The molecule has 0 spiro atoms. The molecule has 2 N–H and O–H groups in total. The molecule has 0 radical (unpaired) electrons. The van der Waals surface area contributed by atoms with Gasteiger partial charge in [0.2, 0.25) is 0 Å². The standard InChI is InChI=1S/C15H18N2OS/c1-4-17(9-10(2)3)15(18)14-13(16)11-7-5-6-8-12(11)19-14/h5-8H,2,4,9,16H2,1,3H3. The number of amides is 1. The molecular formula is C15H18N2OS. The topological polar surface area (TPSA) is 46.3 Å². The van der Waals surface area contributed by atoms with Crippen LogP contribution in [0.1, 0.15) is 23.5 Å². The Kier molecular flexibility index (Phi) is 3.90. The zero-order valence-corrected chi connectivity index (χ0v) is 12.1. The molecule has 0 unspecified atom stereocenters. The van der Waals surface area contributed by atoms with Gasteiger partial charge < -0.3 is 10.6 Å². The lowest BCUT2D eigenvalue weighted by molar-refractivity contribution is 0.0784. The lowest BCUT2D eigenvalue weighted by atomic mass is 10.2. The van der Waals surface area contributed by atoms with Crippen molar-refractivity contribution in [1.29, 1.82) is 0 Å². The van der Waals surface area contributed by atoms with Crippen molar-refractivity contribution < 1.29 is 4.79 Å². The number of nitrogen functional groups attached to an aromatic ring is 1. The molecule has 1 aromatic heterocycles. The Labute approximate surface area is 117 Å². The van der Waals surface area contributed by atoms with E-state index in [2.05, 4.69) is 6.58 Å². The number of rotatable bonds is 4. The summed E-state index contributed by atoms with van der Waals surface area (Å²) in [6.45, 7) is 8.97. The Balaban J connectivity index is 2.40. The van der Waals surface area contributed by atoms with Gasteiger partial charge in [0.15, 0.2) is 0 Å². The van der Waals surface area contributed by atoms with Crippen molar-refractivity contribution in [2.45, 2.75) is 13.8 Å². The van der Waals surface area contributed by atoms with Crippen LogP contribution < -0.4 is 5.73 Å². The first-order valence-electron chi connectivity index (χ1n) is 6.25. The Morgan fingerprint density at radius 2 is 2.11 bits per heavy atom. The van der Waals surface area contributed by atoms with Crippen molar-refractivity contribution in [3.05, 3.63) is 41.3 Å². The summed E-state index contributed by atoms with van der Waals surface area (Å²) in [5.41, 5.74) is 7.66. The van der Waals surface area contributed by atoms with Crippen LogP contribution in [-0.2, 0) is 0 Å². The van der Waals surface area contributed by atoms with Crippen molar-refractivity contribution in [1.82, 2.24) is 4.90 Å². The second-order valence-electron chi connectivity index (χ2n) is 4.62. The van der Waals surface area contributed by atoms with E-state index < -0.39 is 0 Å². The second kappa shape index (κ2) is 5.45. The van der Waals surface area contributed by atoms with Gasteiger partial charge in [0.05, 0.1) is 5.69 Å². The molecular weight excluding hydrogens is 256 g/mol. The molecule has 3 nitrogen and oxygen atoms in total. The van der Waals surface area contributed by atoms with Crippen LogP contribution in [0.15, 0.2) is 36.4 Å². The molecule has 0 bridgehead atoms. The molecule has 0 saturated carbocycles. The minimum atomic E-state index is -0.0100. The van der Waals surface area contributed by atoms with Crippen molar-refractivity contribution in [2.24, 2.45) is 0 Å². The van der Waals surface area contributed by atoms with E-state index in [4.69, 9.17) is 5.73 Å². The third-order valence-electron chi connectivity index (χ3n) is 2.96. The molecule has 0 aliphatic rings. The van der Waals surface area contributed by atoms with Crippen molar-refractivity contribution >= 4 is 33.0 Å². The van der Waals surface area contributed by atoms with E-state index in [1.807, 2.05) is 38.1 Å². The Morgan fingerprint density at radius 1 is 1.42 bits per heavy atom. The van der Waals surface area contributed by atoms with Crippen molar-refractivity contribution in [2.75, 3.05) is 18.8 Å². The van der Waals surface area contributed by atoms with Gasteiger partial charge in [-0.1, -0.05) is 30.4 Å². The number of thiophene rings is 1. The van der Waals surface area contributed by atoms with E-state index in [0.717, 1.165) is 15.7 Å². The number of carbonyl (C=O) groups excluding carboxylic acids is 1. The molecule has 1 amide bonds. The molecule has 0 aliphatic heterocycles. The lowest BCUT2D eigenvalue weighted by Crippen LogP contribution is -2.32. The third-order valence-corrected chi connectivity index (χ3v) is 4.13.